The highest BCUT2D eigenvalue weighted by Gasteiger charge is 2.37. The van der Waals surface area contributed by atoms with Gasteiger partial charge >= 0.3 is 0 Å². The molecule has 1 aromatic heterocycles. The molecule has 1 aromatic carbocycles. The summed E-state index contributed by atoms with van der Waals surface area (Å²) in [5, 5.41) is 10.8. The number of hydrogen-bond acceptors (Lipinski definition) is 4. The lowest BCUT2D eigenvalue weighted by Gasteiger charge is -2.31. The van der Waals surface area contributed by atoms with Crippen molar-refractivity contribution in [2.75, 3.05) is 6.54 Å². The highest BCUT2D eigenvalue weighted by molar-refractivity contribution is 7.88. The zero-order valence-corrected chi connectivity index (χ0v) is 13.9. The van der Waals surface area contributed by atoms with E-state index >= 15 is 0 Å². The highest BCUT2D eigenvalue weighted by atomic mass is 32.2. The topological polar surface area (TPSA) is 79.5 Å². The van der Waals surface area contributed by atoms with Crippen LogP contribution in [0.3, 0.4) is 0 Å². The first-order chi connectivity index (χ1) is 10.9. The van der Waals surface area contributed by atoms with E-state index in [1.54, 1.807) is 18.4 Å². The van der Waals surface area contributed by atoms with Gasteiger partial charge in [0.25, 0.3) is 0 Å². The minimum Gasteiger partial charge on any atom is -0.469 e. The monoisotopic (exact) mass is 335 g/mol. The summed E-state index contributed by atoms with van der Waals surface area (Å²) < 4.78 is 32.5. The lowest BCUT2D eigenvalue weighted by molar-refractivity contribution is 0.0221. The number of hydrogen-bond donors (Lipinski definition) is 2. The van der Waals surface area contributed by atoms with Crippen LogP contribution in [0.2, 0.25) is 0 Å². The average molecular weight is 335 g/mol. The van der Waals surface area contributed by atoms with Crippen molar-refractivity contribution in [2.45, 2.75) is 37.5 Å². The van der Waals surface area contributed by atoms with Crippen LogP contribution in [0, 0.1) is 6.92 Å². The van der Waals surface area contributed by atoms with E-state index < -0.39 is 15.6 Å². The normalized spacial score (nSPS) is 21.1. The van der Waals surface area contributed by atoms with Crippen LogP contribution in [0.5, 0.6) is 0 Å². The second kappa shape index (κ2) is 6.11. The fourth-order valence-electron chi connectivity index (χ4n) is 3.11. The molecule has 0 saturated heterocycles. The number of rotatable bonds is 5. The molecule has 2 N–H and O–H groups in total. The molecule has 124 valence electrons. The molecule has 5 nitrogen and oxygen atoms in total. The molecule has 1 heterocycles. The third-order valence-corrected chi connectivity index (χ3v) is 5.56. The predicted molar refractivity (Wildman–Crippen MR) is 87.3 cm³/mol. The number of benzene rings is 1. The fraction of sp³-hybridized carbons (Fsp3) is 0.412. The maximum atomic E-state index is 12.3. The molecule has 3 rings (SSSR count). The smallest absolute Gasteiger partial charge is 0.215 e. The van der Waals surface area contributed by atoms with Crippen molar-refractivity contribution in [2.24, 2.45) is 0 Å². The van der Waals surface area contributed by atoms with Gasteiger partial charge in [-0.1, -0.05) is 29.8 Å². The molecule has 0 radical (unpaired) electrons. The summed E-state index contributed by atoms with van der Waals surface area (Å²) in [6.45, 7) is 1.89. The Morgan fingerprint density at radius 3 is 2.96 bits per heavy atom. The van der Waals surface area contributed by atoms with Gasteiger partial charge in [0.2, 0.25) is 10.0 Å². The van der Waals surface area contributed by atoms with Crippen LogP contribution < -0.4 is 4.72 Å². The minimum absolute atomic E-state index is 0.0340. The maximum absolute atomic E-state index is 12.3. The van der Waals surface area contributed by atoms with Gasteiger partial charge in [0, 0.05) is 18.5 Å². The molecule has 1 atom stereocenters. The molecule has 1 aliphatic rings. The third kappa shape index (κ3) is 3.65. The molecule has 1 aliphatic carbocycles. The molecule has 0 amide bonds. The minimum atomic E-state index is -3.52. The fourth-order valence-corrected chi connectivity index (χ4v) is 4.29. The Morgan fingerprint density at radius 1 is 1.35 bits per heavy atom. The Kier molecular flexibility index (Phi) is 4.31. The standard InChI is InChI=1S/C17H21NO4S/c1-13-4-2-5-14(10-13)11-23(20,21)18-12-17(19)8-3-6-16-15(17)7-9-22-16/h2,4-5,7,9-10,18-19H,3,6,8,11-12H2,1H3. The second-order valence-corrected chi connectivity index (χ2v) is 8.02. The van der Waals surface area contributed by atoms with Crippen LogP contribution >= 0.6 is 0 Å². The van der Waals surface area contributed by atoms with Crippen LogP contribution in [-0.4, -0.2) is 20.1 Å². The van der Waals surface area contributed by atoms with E-state index in [2.05, 4.69) is 4.72 Å². The number of fused-ring (bicyclic) bond motifs is 1. The van der Waals surface area contributed by atoms with Gasteiger partial charge in [-0.25, -0.2) is 13.1 Å². The van der Waals surface area contributed by atoms with E-state index in [1.165, 1.54) is 0 Å². The van der Waals surface area contributed by atoms with E-state index in [0.29, 0.717) is 12.0 Å². The van der Waals surface area contributed by atoms with Gasteiger partial charge in [0.15, 0.2) is 0 Å². The van der Waals surface area contributed by atoms with Gasteiger partial charge in [0.05, 0.1) is 12.0 Å². The summed E-state index contributed by atoms with van der Waals surface area (Å²) in [6, 6.07) is 9.13. The van der Waals surface area contributed by atoms with Gasteiger partial charge in [0.1, 0.15) is 11.4 Å². The van der Waals surface area contributed by atoms with Gasteiger partial charge in [-0.15, -0.1) is 0 Å². The highest BCUT2D eigenvalue weighted by Crippen LogP contribution is 2.35. The number of aryl methyl sites for hydroxylation is 2. The van der Waals surface area contributed by atoms with Crippen molar-refractivity contribution in [3.05, 3.63) is 59.0 Å². The van der Waals surface area contributed by atoms with Crippen molar-refractivity contribution < 1.29 is 17.9 Å². The molecule has 2 aromatic rings. The molecule has 0 aliphatic heterocycles. The molecule has 0 spiro atoms. The summed E-state index contributed by atoms with van der Waals surface area (Å²) in [7, 11) is -3.52. The van der Waals surface area contributed by atoms with Gasteiger partial charge < -0.3 is 9.52 Å². The van der Waals surface area contributed by atoms with Crippen molar-refractivity contribution in [3.63, 3.8) is 0 Å². The van der Waals surface area contributed by atoms with E-state index in [0.717, 1.165) is 29.7 Å². The molecule has 0 saturated carbocycles. The van der Waals surface area contributed by atoms with Crippen LogP contribution in [0.25, 0.3) is 0 Å². The Balaban J connectivity index is 1.70. The maximum Gasteiger partial charge on any atom is 0.215 e. The van der Waals surface area contributed by atoms with Crippen molar-refractivity contribution in [3.8, 4) is 0 Å². The summed E-state index contributed by atoms with van der Waals surface area (Å²) in [6.07, 6.45) is 3.62. The SMILES string of the molecule is Cc1cccc(CS(=O)(=O)NCC2(O)CCCc3occc32)c1. The molecule has 23 heavy (non-hydrogen) atoms. The Labute approximate surface area is 136 Å². The van der Waals surface area contributed by atoms with E-state index in [-0.39, 0.29) is 12.3 Å². The Morgan fingerprint density at radius 2 is 2.17 bits per heavy atom. The number of aliphatic hydroxyl groups is 1. The first kappa shape index (κ1) is 16.2. The van der Waals surface area contributed by atoms with Crippen LogP contribution in [0.4, 0.5) is 0 Å². The zero-order valence-electron chi connectivity index (χ0n) is 13.1. The first-order valence-electron chi connectivity index (χ1n) is 7.70. The second-order valence-electron chi connectivity index (χ2n) is 6.21. The van der Waals surface area contributed by atoms with E-state index in [1.807, 2.05) is 25.1 Å². The number of sulfonamides is 1. The van der Waals surface area contributed by atoms with Gasteiger partial charge in [-0.05, 0) is 31.4 Å². The largest absolute Gasteiger partial charge is 0.469 e. The Bertz CT molecular complexity index is 796. The van der Waals surface area contributed by atoms with Crippen LogP contribution in [0.15, 0.2) is 41.0 Å². The first-order valence-corrected chi connectivity index (χ1v) is 9.35. The zero-order chi connectivity index (χ0) is 16.5. The number of nitrogens with one attached hydrogen (secondary N) is 1. The quantitative estimate of drug-likeness (QED) is 0.878. The summed E-state index contributed by atoms with van der Waals surface area (Å²) >= 11 is 0. The van der Waals surface area contributed by atoms with Gasteiger partial charge in [-0.3, -0.25) is 0 Å². The Hall–Kier alpha value is -1.63. The molecule has 0 fully saturated rings. The van der Waals surface area contributed by atoms with Crippen molar-refractivity contribution >= 4 is 10.0 Å². The van der Waals surface area contributed by atoms with Gasteiger partial charge in [-0.2, -0.15) is 0 Å². The van der Waals surface area contributed by atoms with Crippen LogP contribution in [-0.2, 0) is 27.8 Å². The summed E-state index contributed by atoms with van der Waals surface area (Å²) in [5.74, 6) is 0.653. The lowest BCUT2D eigenvalue weighted by Crippen LogP contribution is -2.42. The summed E-state index contributed by atoms with van der Waals surface area (Å²) in [4.78, 5) is 0. The summed E-state index contributed by atoms with van der Waals surface area (Å²) in [5.41, 5.74) is 1.26. The van der Waals surface area contributed by atoms with Crippen LogP contribution in [0.1, 0.15) is 35.3 Å². The molecular weight excluding hydrogens is 314 g/mol. The van der Waals surface area contributed by atoms with E-state index in [4.69, 9.17) is 4.42 Å². The van der Waals surface area contributed by atoms with E-state index in [9.17, 15) is 13.5 Å². The average Bonchev–Trinajstić information content (AvgIpc) is 2.95. The van der Waals surface area contributed by atoms with Crippen molar-refractivity contribution in [1.29, 1.82) is 0 Å². The van der Waals surface area contributed by atoms with Crippen molar-refractivity contribution in [1.82, 2.24) is 4.72 Å². The molecular formula is C17H21NO4S. The predicted octanol–water partition coefficient (Wildman–Crippen LogP) is 2.23. The third-order valence-electron chi connectivity index (χ3n) is 4.26. The molecule has 6 heteroatoms. The number of furan rings is 1. The lowest BCUT2D eigenvalue weighted by atomic mass is 9.83. The molecule has 0 bridgehead atoms. The molecule has 1 unspecified atom stereocenters.